The Hall–Kier alpha value is -0.0800. The first kappa shape index (κ1) is 10.0. The summed E-state index contributed by atoms with van der Waals surface area (Å²) in [5.74, 6) is 0. The minimum absolute atomic E-state index is 0.824. The van der Waals surface area contributed by atoms with Crippen LogP contribution in [0.2, 0.25) is 0 Å². The highest BCUT2D eigenvalue weighted by Crippen LogP contribution is 2.22. The molecule has 0 aliphatic carbocycles. The summed E-state index contributed by atoms with van der Waals surface area (Å²) >= 11 is 6.83. The molecule has 1 aromatic carbocycles. The van der Waals surface area contributed by atoms with E-state index in [1.165, 1.54) is 11.1 Å². The fourth-order valence-electron chi connectivity index (χ4n) is 1.05. The second-order valence-corrected chi connectivity index (χ2v) is 4.17. The van der Waals surface area contributed by atoms with Crippen LogP contribution in [0.5, 0.6) is 0 Å². The van der Waals surface area contributed by atoms with E-state index in [0.717, 1.165) is 15.4 Å². The summed E-state index contributed by atoms with van der Waals surface area (Å²) in [6.07, 6.45) is 0. The third kappa shape index (κ3) is 2.20. The molecule has 64 valence electrons. The lowest BCUT2D eigenvalue weighted by Crippen LogP contribution is -1.88. The molecule has 0 amide bonds. The Balaban J connectivity index is 3.13. The third-order valence-corrected chi connectivity index (χ3v) is 2.91. The first-order valence-electron chi connectivity index (χ1n) is 3.65. The van der Waals surface area contributed by atoms with E-state index in [1.807, 2.05) is 6.07 Å². The Labute approximate surface area is 89.9 Å². The van der Waals surface area contributed by atoms with E-state index in [2.05, 4.69) is 57.5 Å². The van der Waals surface area contributed by atoms with E-state index in [4.69, 9.17) is 0 Å². The lowest BCUT2D eigenvalue weighted by atomic mass is 10.0. The number of alkyl halides is 1. The largest absolute Gasteiger partial charge is 0.0944 e. The molecule has 12 heavy (non-hydrogen) atoms. The molecule has 0 heterocycles. The number of allylic oxidation sites excluding steroid dienone is 1. The van der Waals surface area contributed by atoms with Gasteiger partial charge >= 0.3 is 0 Å². The van der Waals surface area contributed by atoms with Gasteiger partial charge in [0.15, 0.2) is 0 Å². The smallest absolute Gasteiger partial charge is 0.0283 e. The maximum Gasteiger partial charge on any atom is 0.0283 e. The van der Waals surface area contributed by atoms with Crippen molar-refractivity contribution in [1.82, 2.24) is 0 Å². The van der Waals surface area contributed by atoms with Crippen LogP contribution in [-0.4, -0.2) is 5.33 Å². The van der Waals surface area contributed by atoms with Gasteiger partial charge in [-0.3, -0.25) is 0 Å². The highest BCUT2D eigenvalue weighted by atomic mass is 79.9. The molecule has 0 aliphatic heterocycles. The van der Waals surface area contributed by atoms with Crippen LogP contribution in [0.15, 0.2) is 29.3 Å². The molecule has 0 bridgehead atoms. The Kier molecular flexibility index (Phi) is 3.53. The predicted octanol–water partition coefficient (Wildman–Crippen LogP) is 4.17. The molecule has 0 aliphatic rings. The van der Waals surface area contributed by atoms with Crippen LogP contribution >= 0.6 is 31.9 Å². The van der Waals surface area contributed by atoms with E-state index in [-0.39, 0.29) is 0 Å². The Bertz CT molecular complexity index is 303. The summed E-state index contributed by atoms with van der Waals surface area (Å²) in [5.41, 5.74) is 3.61. The molecule has 0 radical (unpaired) electrons. The highest BCUT2D eigenvalue weighted by molar-refractivity contribution is 9.10. The summed E-state index contributed by atoms with van der Waals surface area (Å²) in [6.45, 7) is 6.07. The van der Waals surface area contributed by atoms with Gasteiger partial charge in [-0.2, -0.15) is 0 Å². The van der Waals surface area contributed by atoms with E-state index in [9.17, 15) is 0 Å². The van der Waals surface area contributed by atoms with Gasteiger partial charge < -0.3 is 0 Å². The molecule has 0 spiro atoms. The van der Waals surface area contributed by atoms with Gasteiger partial charge in [-0.25, -0.2) is 0 Å². The van der Waals surface area contributed by atoms with E-state index >= 15 is 0 Å². The summed E-state index contributed by atoms with van der Waals surface area (Å²) in [4.78, 5) is 0. The van der Waals surface area contributed by atoms with Crippen molar-refractivity contribution in [3.8, 4) is 0 Å². The number of halogens is 2. The van der Waals surface area contributed by atoms with Crippen molar-refractivity contribution in [3.05, 3.63) is 40.4 Å². The molecule has 0 saturated heterocycles. The van der Waals surface area contributed by atoms with Crippen molar-refractivity contribution in [2.45, 2.75) is 6.92 Å². The SMILES string of the molecule is C=C(CBr)c1cc(Br)ccc1C. The zero-order valence-electron chi connectivity index (χ0n) is 6.90. The number of aryl methyl sites for hydroxylation is 1. The predicted molar refractivity (Wildman–Crippen MR) is 61.7 cm³/mol. The van der Waals surface area contributed by atoms with Crippen LogP contribution in [-0.2, 0) is 0 Å². The van der Waals surface area contributed by atoms with Crippen molar-refractivity contribution in [1.29, 1.82) is 0 Å². The average molecular weight is 290 g/mol. The quantitative estimate of drug-likeness (QED) is 0.717. The molecule has 1 aromatic rings. The van der Waals surface area contributed by atoms with Crippen molar-refractivity contribution in [2.75, 3.05) is 5.33 Å². The maximum absolute atomic E-state index is 3.98. The van der Waals surface area contributed by atoms with Gasteiger partial charge in [0.1, 0.15) is 0 Å². The molecule has 0 fully saturated rings. The van der Waals surface area contributed by atoms with Crippen molar-refractivity contribution >= 4 is 37.4 Å². The average Bonchev–Trinajstić information content (AvgIpc) is 2.08. The van der Waals surface area contributed by atoms with Gasteiger partial charge in [-0.1, -0.05) is 44.5 Å². The molecule has 0 aromatic heterocycles. The van der Waals surface area contributed by atoms with Gasteiger partial charge in [0.05, 0.1) is 0 Å². The third-order valence-electron chi connectivity index (χ3n) is 1.74. The van der Waals surface area contributed by atoms with Crippen LogP contribution < -0.4 is 0 Å². The topological polar surface area (TPSA) is 0 Å². The fraction of sp³-hybridized carbons (Fsp3) is 0.200. The number of rotatable bonds is 2. The monoisotopic (exact) mass is 288 g/mol. The van der Waals surface area contributed by atoms with Gasteiger partial charge in [0.25, 0.3) is 0 Å². The van der Waals surface area contributed by atoms with Crippen molar-refractivity contribution in [3.63, 3.8) is 0 Å². The summed E-state index contributed by atoms with van der Waals surface area (Å²) in [6, 6.07) is 6.23. The van der Waals surface area contributed by atoms with Crippen LogP contribution in [0.25, 0.3) is 5.57 Å². The Morgan fingerprint density at radius 3 is 2.75 bits per heavy atom. The Morgan fingerprint density at radius 1 is 1.50 bits per heavy atom. The molecule has 0 N–H and O–H groups in total. The first-order valence-corrected chi connectivity index (χ1v) is 5.57. The van der Waals surface area contributed by atoms with Crippen molar-refractivity contribution < 1.29 is 0 Å². The molecule has 1 rings (SSSR count). The standard InChI is InChI=1S/C10H10Br2/c1-7-3-4-9(12)5-10(7)8(2)6-11/h3-5H,2,6H2,1H3. The molecular formula is C10H10Br2. The normalized spacial score (nSPS) is 9.92. The summed E-state index contributed by atoms with van der Waals surface area (Å²) in [7, 11) is 0. The Morgan fingerprint density at radius 2 is 2.17 bits per heavy atom. The second-order valence-electron chi connectivity index (χ2n) is 2.70. The zero-order valence-corrected chi connectivity index (χ0v) is 10.1. The summed E-state index contributed by atoms with van der Waals surface area (Å²) < 4.78 is 1.10. The lowest BCUT2D eigenvalue weighted by Gasteiger charge is -2.06. The molecule has 0 unspecified atom stereocenters. The molecular weight excluding hydrogens is 280 g/mol. The summed E-state index contributed by atoms with van der Waals surface area (Å²) in [5, 5.41) is 0.824. The van der Waals surface area contributed by atoms with Gasteiger partial charge in [0, 0.05) is 9.80 Å². The van der Waals surface area contributed by atoms with Gasteiger partial charge in [-0.15, -0.1) is 0 Å². The zero-order chi connectivity index (χ0) is 9.14. The number of benzene rings is 1. The molecule has 0 nitrogen and oxygen atoms in total. The molecule has 0 saturated carbocycles. The molecule has 0 atom stereocenters. The minimum Gasteiger partial charge on any atom is -0.0944 e. The highest BCUT2D eigenvalue weighted by Gasteiger charge is 2.01. The van der Waals surface area contributed by atoms with Gasteiger partial charge in [-0.05, 0) is 35.8 Å². The minimum atomic E-state index is 0.824. The van der Waals surface area contributed by atoms with Gasteiger partial charge in [0.2, 0.25) is 0 Å². The molecule has 2 heteroatoms. The van der Waals surface area contributed by atoms with Crippen LogP contribution in [0.4, 0.5) is 0 Å². The van der Waals surface area contributed by atoms with Crippen LogP contribution in [0, 0.1) is 6.92 Å². The van der Waals surface area contributed by atoms with E-state index in [1.54, 1.807) is 0 Å². The lowest BCUT2D eigenvalue weighted by molar-refractivity contribution is 1.40. The first-order chi connectivity index (χ1) is 5.65. The fourth-order valence-corrected chi connectivity index (χ4v) is 1.71. The van der Waals surface area contributed by atoms with Crippen molar-refractivity contribution in [2.24, 2.45) is 0 Å². The maximum atomic E-state index is 3.98. The second kappa shape index (κ2) is 4.24. The van der Waals surface area contributed by atoms with E-state index < -0.39 is 0 Å². The van der Waals surface area contributed by atoms with E-state index in [0.29, 0.717) is 0 Å². The number of hydrogen-bond donors (Lipinski definition) is 0. The van der Waals surface area contributed by atoms with Crippen LogP contribution in [0.3, 0.4) is 0 Å². The number of hydrogen-bond acceptors (Lipinski definition) is 0. The van der Waals surface area contributed by atoms with Crippen LogP contribution in [0.1, 0.15) is 11.1 Å².